The Labute approximate surface area is 104 Å². The van der Waals surface area contributed by atoms with E-state index < -0.39 is 12.0 Å². The van der Waals surface area contributed by atoms with Crippen molar-refractivity contribution in [1.29, 1.82) is 0 Å². The lowest BCUT2D eigenvalue weighted by atomic mass is 10.2. The Bertz CT molecular complexity index is 385. The Morgan fingerprint density at radius 1 is 1.56 bits per heavy atom. The molecule has 0 saturated carbocycles. The summed E-state index contributed by atoms with van der Waals surface area (Å²) < 4.78 is 5.42. The Hall–Kier alpha value is -0.970. The molecule has 0 heterocycles. The molecule has 1 atom stereocenters. The van der Waals surface area contributed by atoms with E-state index in [0.29, 0.717) is 22.2 Å². The summed E-state index contributed by atoms with van der Waals surface area (Å²) in [4.78, 5) is 11.3. The standard InChI is InChI=1S/C10H12Cl2N2O2/c1-2-8(10(15)14-13)16-9-5-6(11)3-4-7(9)12/h3-5,8H,2,13H2,1H3,(H,14,15). The third kappa shape index (κ3) is 3.27. The maximum absolute atomic E-state index is 11.3. The zero-order chi connectivity index (χ0) is 12.1. The van der Waals surface area contributed by atoms with Gasteiger partial charge in [-0.1, -0.05) is 30.1 Å². The highest BCUT2D eigenvalue weighted by molar-refractivity contribution is 6.34. The highest BCUT2D eigenvalue weighted by Crippen LogP contribution is 2.28. The number of benzene rings is 1. The highest BCUT2D eigenvalue weighted by Gasteiger charge is 2.18. The molecule has 0 bridgehead atoms. The van der Waals surface area contributed by atoms with Gasteiger partial charge in [0.05, 0.1) is 5.02 Å². The first-order chi connectivity index (χ1) is 7.58. The first kappa shape index (κ1) is 13.1. The molecule has 0 aliphatic carbocycles. The number of nitrogens with one attached hydrogen (secondary N) is 1. The SMILES string of the molecule is CCC(Oc1cc(Cl)ccc1Cl)C(=O)NN. The summed E-state index contributed by atoms with van der Waals surface area (Å²) in [5, 5.41) is 0.884. The number of carbonyl (C=O) groups is 1. The monoisotopic (exact) mass is 262 g/mol. The van der Waals surface area contributed by atoms with Crippen LogP contribution in [0.25, 0.3) is 0 Å². The third-order valence-electron chi connectivity index (χ3n) is 1.97. The molecule has 1 amide bonds. The van der Waals surface area contributed by atoms with Crippen molar-refractivity contribution in [2.75, 3.05) is 0 Å². The molecule has 1 aromatic rings. The van der Waals surface area contributed by atoms with Gasteiger partial charge in [-0.05, 0) is 18.6 Å². The minimum atomic E-state index is -0.680. The highest BCUT2D eigenvalue weighted by atomic mass is 35.5. The summed E-state index contributed by atoms with van der Waals surface area (Å²) in [5.41, 5.74) is 2.03. The van der Waals surface area contributed by atoms with Crippen LogP contribution in [0, 0.1) is 0 Å². The van der Waals surface area contributed by atoms with Crippen molar-refractivity contribution in [3.8, 4) is 5.75 Å². The number of nitrogens with two attached hydrogens (primary N) is 1. The van der Waals surface area contributed by atoms with E-state index in [-0.39, 0.29) is 0 Å². The molecular weight excluding hydrogens is 251 g/mol. The van der Waals surface area contributed by atoms with Crippen LogP contribution in [0.3, 0.4) is 0 Å². The average molecular weight is 263 g/mol. The van der Waals surface area contributed by atoms with Crippen LogP contribution in [-0.2, 0) is 4.79 Å². The Kier molecular flexibility index (Phi) is 4.86. The molecule has 88 valence electrons. The first-order valence-electron chi connectivity index (χ1n) is 4.70. The molecule has 0 radical (unpaired) electrons. The molecule has 3 N–H and O–H groups in total. The molecule has 0 fully saturated rings. The predicted octanol–water partition coefficient (Wildman–Crippen LogP) is 2.14. The van der Waals surface area contributed by atoms with Crippen molar-refractivity contribution in [2.24, 2.45) is 5.84 Å². The molecule has 4 nitrogen and oxygen atoms in total. The van der Waals surface area contributed by atoms with Gasteiger partial charge in [0.15, 0.2) is 6.10 Å². The van der Waals surface area contributed by atoms with Gasteiger partial charge >= 0.3 is 0 Å². The van der Waals surface area contributed by atoms with Crippen molar-refractivity contribution >= 4 is 29.1 Å². The average Bonchev–Trinajstić information content (AvgIpc) is 2.29. The molecule has 0 aliphatic heterocycles. The predicted molar refractivity (Wildman–Crippen MR) is 63.5 cm³/mol. The van der Waals surface area contributed by atoms with Crippen LogP contribution in [0.15, 0.2) is 18.2 Å². The minimum Gasteiger partial charge on any atom is -0.479 e. The van der Waals surface area contributed by atoms with Gasteiger partial charge < -0.3 is 4.74 Å². The van der Waals surface area contributed by atoms with Gasteiger partial charge in [-0.25, -0.2) is 5.84 Å². The van der Waals surface area contributed by atoms with Gasteiger partial charge in [0, 0.05) is 11.1 Å². The van der Waals surface area contributed by atoms with Crippen LogP contribution < -0.4 is 16.0 Å². The van der Waals surface area contributed by atoms with Crippen LogP contribution in [0.5, 0.6) is 5.75 Å². The number of rotatable bonds is 4. The van der Waals surface area contributed by atoms with Gasteiger partial charge in [-0.15, -0.1) is 0 Å². The van der Waals surface area contributed by atoms with Crippen molar-refractivity contribution in [3.05, 3.63) is 28.2 Å². The molecule has 1 unspecified atom stereocenters. The first-order valence-corrected chi connectivity index (χ1v) is 5.46. The lowest BCUT2D eigenvalue weighted by Crippen LogP contribution is -2.41. The van der Waals surface area contributed by atoms with Gasteiger partial charge in [0.2, 0.25) is 0 Å². The topological polar surface area (TPSA) is 64.3 Å². The van der Waals surface area contributed by atoms with Crippen LogP contribution >= 0.6 is 23.2 Å². The van der Waals surface area contributed by atoms with E-state index >= 15 is 0 Å². The summed E-state index contributed by atoms with van der Waals surface area (Å²) in [6.45, 7) is 1.80. The molecule has 1 aromatic carbocycles. The molecule has 0 spiro atoms. The maximum Gasteiger partial charge on any atom is 0.274 e. The largest absolute Gasteiger partial charge is 0.479 e. The number of amides is 1. The molecular formula is C10H12Cl2N2O2. The summed E-state index contributed by atoms with van der Waals surface area (Å²) >= 11 is 11.7. The van der Waals surface area contributed by atoms with Gasteiger partial charge in [0.25, 0.3) is 5.91 Å². The van der Waals surface area contributed by atoms with Crippen molar-refractivity contribution in [2.45, 2.75) is 19.4 Å². The second-order valence-corrected chi connectivity index (χ2v) is 3.94. The van der Waals surface area contributed by atoms with E-state index in [2.05, 4.69) is 0 Å². The summed E-state index contributed by atoms with van der Waals surface area (Å²) in [6, 6.07) is 4.79. The van der Waals surface area contributed by atoms with E-state index in [9.17, 15) is 4.79 Å². The minimum absolute atomic E-state index is 0.365. The smallest absolute Gasteiger partial charge is 0.274 e. The van der Waals surface area contributed by atoms with Crippen LogP contribution in [-0.4, -0.2) is 12.0 Å². The van der Waals surface area contributed by atoms with E-state index in [4.69, 9.17) is 33.8 Å². The molecule has 0 aliphatic rings. The molecule has 6 heteroatoms. The van der Waals surface area contributed by atoms with Crippen molar-refractivity contribution < 1.29 is 9.53 Å². The van der Waals surface area contributed by atoms with Crippen LogP contribution in [0.1, 0.15) is 13.3 Å². The van der Waals surface area contributed by atoms with E-state index in [1.165, 1.54) is 0 Å². The molecule has 0 saturated heterocycles. The van der Waals surface area contributed by atoms with E-state index in [0.717, 1.165) is 0 Å². The number of hydrogen-bond acceptors (Lipinski definition) is 3. The number of carbonyl (C=O) groups excluding carboxylic acids is 1. The number of ether oxygens (including phenoxy) is 1. The molecule has 0 aromatic heterocycles. The second-order valence-electron chi connectivity index (χ2n) is 3.10. The maximum atomic E-state index is 11.3. The van der Waals surface area contributed by atoms with Crippen molar-refractivity contribution in [1.82, 2.24) is 5.43 Å². The third-order valence-corrected chi connectivity index (χ3v) is 2.52. The van der Waals surface area contributed by atoms with Crippen LogP contribution in [0.2, 0.25) is 10.0 Å². The fourth-order valence-electron chi connectivity index (χ4n) is 1.14. The van der Waals surface area contributed by atoms with E-state index in [1.54, 1.807) is 25.1 Å². The quantitative estimate of drug-likeness (QED) is 0.497. The number of hydrazine groups is 1. The summed E-state index contributed by atoms with van der Waals surface area (Å²) in [6.07, 6.45) is -0.202. The van der Waals surface area contributed by atoms with Gasteiger partial charge in [0.1, 0.15) is 5.75 Å². The summed E-state index contributed by atoms with van der Waals surface area (Å²) in [7, 11) is 0. The fourth-order valence-corrected chi connectivity index (χ4v) is 1.46. The van der Waals surface area contributed by atoms with Gasteiger partial charge in [-0.3, -0.25) is 10.2 Å². The Morgan fingerprint density at radius 3 is 2.81 bits per heavy atom. The van der Waals surface area contributed by atoms with E-state index in [1.807, 2.05) is 5.43 Å². The Balaban J connectivity index is 2.85. The lowest BCUT2D eigenvalue weighted by Gasteiger charge is -2.16. The summed E-state index contributed by atoms with van der Waals surface area (Å²) in [5.74, 6) is 4.99. The van der Waals surface area contributed by atoms with Crippen LogP contribution in [0.4, 0.5) is 0 Å². The second kappa shape index (κ2) is 5.94. The number of halogens is 2. The zero-order valence-electron chi connectivity index (χ0n) is 8.67. The number of hydrogen-bond donors (Lipinski definition) is 2. The fraction of sp³-hybridized carbons (Fsp3) is 0.300. The van der Waals surface area contributed by atoms with Gasteiger partial charge in [-0.2, -0.15) is 0 Å². The molecule has 1 rings (SSSR count). The molecule has 16 heavy (non-hydrogen) atoms. The van der Waals surface area contributed by atoms with Crippen molar-refractivity contribution in [3.63, 3.8) is 0 Å². The zero-order valence-corrected chi connectivity index (χ0v) is 10.2. The lowest BCUT2D eigenvalue weighted by molar-refractivity contribution is -0.128. The normalized spacial score (nSPS) is 12.0. The Morgan fingerprint density at radius 2 is 2.25 bits per heavy atom.